The lowest BCUT2D eigenvalue weighted by Crippen LogP contribution is -2.51. The van der Waals surface area contributed by atoms with E-state index >= 15 is 0 Å². The van der Waals surface area contributed by atoms with E-state index in [2.05, 4.69) is 26.1 Å². The van der Waals surface area contributed by atoms with Crippen LogP contribution in [0.2, 0.25) is 0 Å². The van der Waals surface area contributed by atoms with Gasteiger partial charge < -0.3 is 11.1 Å². The van der Waals surface area contributed by atoms with Gasteiger partial charge in [0.2, 0.25) is 0 Å². The molecule has 2 unspecified atom stereocenters. The van der Waals surface area contributed by atoms with Crippen LogP contribution in [0.25, 0.3) is 0 Å². The Bertz CT molecular complexity index is 290. The summed E-state index contributed by atoms with van der Waals surface area (Å²) in [5, 5.41) is 3.85. The number of nitrogens with two attached hydrogens (primary N) is 1. The van der Waals surface area contributed by atoms with E-state index in [1.807, 2.05) is 0 Å². The van der Waals surface area contributed by atoms with Gasteiger partial charge in [-0.15, -0.1) is 0 Å². The Labute approximate surface area is 126 Å². The fourth-order valence-corrected chi connectivity index (χ4v) is 3.88. The zero-order chi connectivity index (χ0) is 14.6. The summed E-state index contributed by atoms with van der Waals surface area (Å²) in [6.45, 7) is 9.18. The molecular formula is C18H36N2. The van der Waals surface area contributed by atoms with Gasteiger partial charge in [-0.3, -0.25) is 0 Å². The Morgan fingerprint density at radius 1 is 1.10 bits per heavy atom. The third-order valence-electron chi connectivity index (χ3n) is 5.78. The summed E-state index contributed by atoms with van der Waals surface area (Å²) in [6, 6.07) is 0. The van der Waals surface area contributed by atoms with Gasteiger partial charge in [0.25, 0.3) is 0 Å². The van der Waals surface area contributed by atoms with Crippen molar-refractivity contribution in [3.05, 3.63) is 0 Å². The highest BCUT2D eigenvalue weighted by molar-refractivity contribution is 4.93. The first-order chi connectivity index (χ1) is 9.45. The summed E-state index contributed by atoms with van der Waals surface area (Å²) in [5.41, 5.74) is 6.85. The van der Waals surface area contributed by atoms with E-state index in [9.17, 15) is 0 Å². The summed E-state index contributed by atoms with van der Waals surface area (Å²) >= 11 is 0. The van der Waals surface area contributed by atoms with Crippen LogP contribution in [-0.2, 0) is 0 Å². The molecule has 0 aromatic rings. The van der Waals surface area contributed by atoms with Crippen LogP contribution in [-0.4, -0.2) is 18.6 Å². The average Bonchev–Trinajstić information content (AvgIpc) is 3.21. The van der Waals surface area contributed by atoms with Gasteiger partial charge in [-0.05, 0) is 62.3 Å². The molecule has 2 atom stereocenters. The number of nitrogens with one attached hydrogen (secondary N) is 1. The maximum absolute atomic E-state index is 6.15. The van der Waals surface area contributed by atoms with Crippen molar-refractivity contribution in [2.75, 3.05) is 13.1 Å². The largest absolute Gasteiger partial charge is 0.329 e. The molecule has 118 valence electrons. The predicted molar refractivity (Wildman–Crippen MR) is 87.8 cm³/mol. The van der Waals surface area contributed by atoms with Gasteiger partial charge in [-0.25, -0.2) is 0 Å². The molecule has 0 bridgehead atoms. The SMILES string of the molecule is CC(C)(C)C1CCCC(CN)(NCCCC2CC2)CC1. The molecular weight excluding hydrogens is 244 g/mol. The first-order valence-electron chi connectivity index (χ1n) is 8.90. The maximum Gasteiger partial charge on any atom is 0.0304 e. The molecule has 0 radical (unpaired) electrons. The zero-order valence-electron chi connectivity index (χ0n) is 14.0. The molecule has 0 saturated heterocycles. The van der Waals surface area contributed by atoms with Gasteiger partial charge in [0.1, 0.15) is 0 Å². The summed E-state index contributed by atoms with van der Waals surface area (Å²) in [6.07, 6.45) is 12.4. The zero-order valence-corrected chi connectivity index (χ0v) is 14.0. The third kappa shape index (κ3) is 4.73. The predicted octanol–water partition coefficient (Wildman–Crippen LogP) is 4.09. The highest BCUT2D eigenvalue weighted by Crippen LogP contribution is 2.39. The van der Waals surface area contributed by atoms with Crippen LogP contribution in [0.3, 0.4) is 0 Å². The minimum atomic E-state index is 0.240. The molecule has 2 rings (SSSR count). The number of rotatable bonds is 6. The summed E-state index contributed by atoms with van der Waals surface area (Å²) < 4.78 is 0. The van der Waals surface area contributed by atoms with E-state index in [4.69, 9.17) is 5.73 Å². The number of hydrogen-bond donors (Lipinski definition) is 2. The second-order valence-corrected chi connectivity index (χ2v) is 8.49. The van der Waals surface area contributed by atoms with Gasteiger partial charge in [0.05, 0.1) is 0 Å². The summed E-state index contributed by atoms with van der Waals surface area (Å²) in [5.74, 6) is 1.93. The first kappa shape index (κ1) is 16.3. The lowest BCUT2D eigenvalue weighted by molar-refractivity contribution is 0.206. The first-order valence-corrected chi connectivity index (χ1v) is 8.90. The van der Waals surface area contributed by atoms with Crippen molar-refractivity contribution in [3.8, 4) is 0 Å². The summed E-state index contributed by atoms with van der Waals surface area (Å²) in [4.78, 5) is 0. The molecule has 2 aliphatic carbocycles. The Balaban J connectivity index is 1.79. The Morgan fingerprint density at radius 3 is 2.45 bits per heavy atom. The second kappa shape index (κ2) is 6.79. The van der Waals surface area contributed by atoms with Gasteiger partial charge in [-0.1, -0.05) is 40.0 Å². The Morgan fingerprint density at radius 2 is 1.85 bits per heavy atom. The van der Waals surface area contributed by atoms with E-state index in [0.29, 0.717) is 5.41 Å². The second-order valence-electron chi connectivity index (χ2n) is 8.49. The highest BCUT2D eigenvalue weighted by Gasteiger charge is 2.35. The van der Waals surface area contributed by atoms with E-state index < -0.39 is 0 Å². The molecule has 2 aliphatic rings. The molecule has 0 aliphatic heterocycles. The molecule has 2 heteroatoms. The molecule has 0 aromatic carbocycles. The minimum Gasteiger partial charge on any atom is -0.329 e. The molecule has 0 heterocycles. The average molecular weight is 280 g/mol. The molecule has 20 heavy (non-hydrogen) atoms. The smallest absolute Gasteiger partial charge is 0.0304 e. The number of hydrogen-bond acceptors (Lipinski definition) is 2. The molecule has 2 fully saturated rings. The lowest BCUT2D eigenvalue weighted by Gasteiger charge is -2.34. The Kier molecular flexibility index (Phi) is 5.53. The summed E-state index contributed by atoms with van der Waals surface area (Å²) in [7, 11) is 0. The van der Waals surface area contributed by atoms with Crippen molar-refractivity contribution in [3.63, 3.8) is 0 Å². The molecule has 0 amide bonds. The topological polar surface area (TPSA) is 38.0 Å². The van der Waals surface area contributed by atoms with E-state index in [1.54, 1.807) is 0 Å². The van der Waals surface area contributed by atoms with Crippen molar-refractivity contribution in [2.24, 2.45) is 23.0 Å². The molecule has 3 N–H and O–H groups in total. The van der Waals surface area contributed by atoms with Crippen molar-refractivity contribution < 1.29 is 0 Å². The van der Waals surface area contributed by atoms with E-state index in [-0.39, 0.29) is 5.54 Å². The van der Waals surface area contributed by atoms with Gasteiger partial charge in [0, 0.05) is 12.1 Å². The third-order valence-corrected chi connectivity index (χ3v) is 5.78. The quantitative estimate of drug-likeness (QED) is 0.568. The highest BCUT2D eigenvalue weighted by atomic mass is 15.0. The minimum absolute atomic E-state index is 0.240. The normalized spacial score (nSPS) is 32.1. The maximum atomic E-state index is 6.15. The van der Waals surface area contributed by atoms with E-state index in [1.165, 1.54) is 64.3 Å². The molecule has 2 saturated carbocycles. The van der Waals surface area contributed by atoms with Crippen LogP contribution in [0.4, 0.5) is 0 Å². The monoisotopic (exact) mass is 280 g/mol. The van der Waals surface area contributed by atoms with Crippen LogP contribution in [0.5, 0.6) is 0 Å². The Hall–Kier alpha value is -0.0800. The van der Waals surface area contributed by atoms with Crippen LogP contribution in [0, 0.1) is 17.3 Å². The van der Waals surface area contributed by atoms with Crippen LogP contribution < -0.4 is 11.1 Å². The standard InChI is InChI=1S/C18H36N2/c1-17(2,3)16-7-4-11-18(14-19,12-10-16)20-13-5-6-15-8-9-15/h15-16,20H,4-14,19H2,1-3H3. The molecule has 2 nitrogen and oxygen atoms in total. The van der Waals surface area contributed by atoms with Crippen molar-refractivity contribution in [1.82, 2.24) is 5.32 Å². The van der Waals surface area contributed by atoms with Crippen molar-refractivity contribution in [1.29, 1.82) is 0 Å². The molecule has 0 aromatic heterocycles. The van der Waals surface area contributed by atoms with Gasteiger partial charge >= 0.3 is 0 Å². The fraction of sp³-hybridized carbons (Fsp3) is 1.00. The van der Waals surface area contributed by atoms with E-state index in [0.717, 1.165) is 18.4 Å². The lowest BCUT2D eigenvalue weighted by atomic mass is 9.76. The fourth-order valence-electron chi connectivity index (χ4n) is 3.88. The van der Waals surface area contributed by atoms with Gasteiger partial charge in [0.15, 0.2) is 0 Å². The van der Waals surface area contributed by atoms with Gasteiger partial charge in [-0.2, -0.15) is 0 Å². The van der Waals surface area contributed by atoms with Crippen LogP contribution >= 0.6 is 0 Å². The molecule has 0 spiro atoms. The van der Waals surface area contributed by atoms with Crippen LogP contribution in [0.1, 0.15) is 78.6 Å². The van der Waals surface area contributed by atoms with Crippen molar-refractivity contribution >= 4 is 0 Å². The van der Waals surface area contributed by atoms with Crippen molar-refractivity contribution in [2.45, 2.75) is 84.1 Å². The van der Waals surface area contributed by atoms with Crippen LogP contribution in [0.15, 0.2) is 0 Å².